The molecule has 0 spiro atoms. The highest BCUT2D eigenvalue weighted by Gasteiger charge is 2.22. The van der Waals surface area contributed by atoms with E-state index >= 15 is 0 Å². The van der Waals surface area contributed by atoms with E-state index in [1.807, 2.05) is 0 Å². The molecule has 1 saturated heterocycles. The van der Waals surface area contributed by atoms with E-state index in [1.165, 1.54) is 0 Å². The molecule has 0 aliphatic carbocycles. The van der Waals surface area contributed by atoms with E-state index in [0.717, 1.165) is 19.4 Å². The molecule has 5 nitrogen and oxygen atoms in total. The number of hydrogen-bond donors (Lipinski definition) is 2. The highest BCUT2D eigenvalue weighted by atomic mass is 16.2. The number of hydrogen-bond acceptors (Lipinski definition) is 3. The number of amides is 1. The summed E-state index contributed by atoms with van der Waals surface area (Å²) >= 11 is 0. The van der Waals surface area contributed by atoms with Crippen molar-refractivity contribution in [2.45, 2.75) is 18.9 Å². The number of carbonyl (C=O) groups is 1. The number of H-pyrrole nitrogens is 1. The van der Waals surface area contributed by atoms with Crippen LogP contribution in [0.2, 0.25) is 0 Å². The van der Waals surface area contributed by atoms with E-state index in [4.69, 9.17) is 5.73 Å². The molecule has 5 heteroatoms. The quantitative estimate of drug-likeness (QED) is 0.659. The van der Waals surface area contributed by atoms with Crippen LogP contribution in [0.15, 0.2) is 12.4 Å². The summed E-state index contributed by atoms with van der Waals surface area (Å²) in [4.78, 5) is 13.6. The third-order valence-corrected chi connectivity index (χ3v) is 2.49. The molecule has 14 heavy (non-hydrogen) atoms. The standard InChI is InChI=1S/C9H14N4O/c10-8-2-1-3-13(6-8)9(14)7-4-11-12-5-7/h4-5,8H,1-3,6,10H2,(H,11,12)/t8-/m1/s1. The van der Waals surface area contributed by atoms with Crippen molar-refractivity contribution < 1.29 is 4.79 Å². The van der Waals surface area contributed by atoms with Crippen molar-refractivity contribution in [2.24, 2.45) is 5.73 Å². The summed E-state index contributed by atoms with van der Waals surface area (Å²) in [5.41, 5.74) is 6.41. The normalized spacial score (nSPS) is 22.4. The minimum Gasteiger partial charge on any atom is -0.337 e. The molecule has 1 aromatic heterocycles. The number of nitrogens with zero attached hydrogens (tertiary/aromatic N) is 2. The van der Waals surface area contributed by atoms with Crippen molar-refractivity contribution >= 4 is 5.91 Å². The lowest BCUT2D eigenvalue weighted by Gasteiger charge is -2.30. The van der Waals surface area contributed by atoms with Gasteiger partial charge in [0, 0.05) is 25.3 Å². The first-order valence-electron chi connectivity index (χ1n) is 4.81. The predicted octanol–water partition coefficient (Wildman–Crippen LogP) is -0.0270. The molecular formula is C9H14N4O. The Kier molecular flexibility index (Phi) is 2.49. The van der Waals surface area contributed by atoms with Gasteiger partial charge < -0.3 is 10.6 Å². The highest BCUT2D eigenvalue weighted by Crippen LogP contribution is 2.11. The molecule has 76 valence electrons. The summed E-state index contributed by atoms with van der Waals surface area (Å²) in [6.07, 6.45) is 5.16. The number of likely N-dealkylation sites (tertiary alicyclic amines) is 1. The van der Waals surface area contributed by atoms with Crippen LogP contribution in [-0.2, 0) is 0 Å². The smallest absolute Gasteiger partial charge is 0.257 e. The van der Waals surface area contributed by atoms with Crippen LogP contribution in [0, 0.1) is 0 Å². The SMILES string of the molecule is N[C@@H]1CCCN(C(=O)c2cn[nH]c2)C1. The molecule has 2 rings (SSSR count). The minimum absolute atomic E-state index is 0.0221. The Hall–Kier alpha value is -1.36. The van der Waals surface area contributed by atoms with Crippen LogP contribution in [0.4, 0.5) is 0 Å². The summed E-state index contributed by atoms with van der Waals surface area (Å²) in [6.45, 7) is 1.46. The maximum absolute atomic E-state index is 11.8. The number of aromatic amines is 1. The average molecular weight is 194 g/mol. The molecule has 1 aromatic rings. The molecule has 0 bridgehead atoms. The largest absolute Gasteiger partial charge is 0.337 e. The second-order valence-electron chi connectivity index (χ2n) is 3.64. The van der Waals surface area contributed by atoms with Crippen molar-refractivity contribution in [1.82, 2.24) is 15.1 Å². The molecule has 1 amide bonds. The van der Waals surface area contributed by atoms with E-state index in [9.17, 15) is 4.79 Å². The fourth-order valence-electron chi connectivity index (χ4n) is 1.74. The molecule has 0 aromatic carbocycles. The Labute approximate surface area is 82.3 Å². The van der Waals surface area contributed by atoms with Crippen molar-refractivity contribution in [3.8, 4) is 0 Å². The molecule has 2 heterocycles. The van der Waals surface area contributed by atoms with Gasteiger partial charge in [0.1, 0.15) is 0 Å². The van der Waals surface area contributed by atoms with Crippen LogP contribution in [0.1, 0.15) is 23.2 Å². The van der Waals surface area contributed by atoms with E-state index in [1.54, 1.807) is 17.3 Å². The monoisotopic (exact) mass is 194 g/mol. The van der Waals surface area contributed by atoms with Crippen LogP contribution in [0.3, 0.4) is 0 Å². The number of piperidine rings is 1. The van der Waals surface area contributed by atoms with Gasteiger partial charge in [-0.25, -0.2) is 0 Å². The van der Waals surface area contributed by atoms with Crippen LogP contribution < -0.4 is 5.73 Å². The first kappa shape index (κ1) is 9.21. The zero-order valence-corrected chi connectivity index (χ0v) is 7.94. The first-order chi connectivity index (χ1) is 6.77. The second kappa shape index (κ2) is 3.79. The third kappa shape index (κ3) is 1.77. The van der Waals surface area contributed by atoms with Crippen molar-refractivity contribution in [2.75, 3.05) is 13.1 Å². The summed E-state index contributed by atoms with van der Waals surface area (Å²) < 4.78 is 0. The molecule has 1 aliphatic rings. The number of nitrogens with two attached hydrogens (primary N) is 1. The third-order valence-electron chi connectivity index (χ3n) is 2.49. The number of rotatable bonds is 1. The van der Waals surface area contributed by atoms with Crippen molar-refractivity contribution in [3.05, 3.63) is 18.0 Å². The summed E-state index contributed by atoms with van der Waals surface area (Å²) in [5, 5.41) is 6.39. The zero-order valence-electron chi connectivity index (χ0n) is 7.94. The maximum atomic E-state index is 11.8. The van der Waals surface area contributed by atoms with Gasteiger partial charge in [0.25, 0.3) is 5.91 Å². The van der Waals surface area contributed by atoms with Crippen molar-refractivity contribution in [3.63, 3.8) is 0 Å². The molecule has 3 N–H and O–H groups in total. The van der Waals surface area contributed by atoms with Gasteiger partial charge in [0.05, 0.1) is 11.8 Å². The fraction of sp³-hybridized carbons (Fsp3) is 0.556. The van der Waals surface area contributed by atoms with Gasteiger partial charge in [0.2, 0.25) is 0 Å². The van der Waals surface area contributed by atoms with Gasteiger partial charge in [0.15, 0.2) is 0 Å². The average Bonchev–Trinajstić information content (AvgIpc) is 2.69. The van der Waals surface area contributed by atoms with E-state index in [-0.39, 0.29) is 11.9 Å². The van der Waals surface area contributed by atoms with E-state index < -0.39 is 0 Å². The first-order valence-corrected chi connectivity index (χ1v) is 4.81. The van der Waals surface area contributed by atoms with Gasteiger partial charge in [-0.05, 0) is 12.8 Å². The van der Waals surface area contributed by atoms with Gasteiger partial charge in [-0.15, -0.1) is 0 Å². The lowest BCUT2D eigenvalue weighted by Crippen LogP contribution is -2.45. The number of aromatic nitrogens is 2. The number of carbonyl (C=O) groups excluding carboxylic acids is 1. The molecule has 0 radical (unpaired) electrons. The summed E-state index contributed by atoms with van der Waals surface area (Å²) in [6, 6.07) is 0.125. The molecule has 1 atom stereocenters. The Bertz CT molecular complexity index is 309. The van der Waals surface area contributed by atoms with Gasteiger partial charge in [-0.1, -0.05) is 0 Å². The summed E-state index contributed by atoms with van der Waals surface area (Å²) in [5.74, 6) is 0.0221. The Morgan fingerprint density at radius 3 is 3.21 bits per heavy atom. The van der Waals surface area contributed by atoms with E-state index in [0.29, 0.717) is 12.1 Å². The maximum Gasteiger partial charge on any atom is 0.257 e. The molecule has 0 unspecified atom stereocenters. The minimum atomic E-state index is 0.0221. The molecule has 0 saturated carbocycles. The van der Waals surface area contributed by atoms with Crippen LogP contribution in [0.5, 0.6) is 0 Å². The lowest BCUT2D eigenvalue weighted by atomic mass is 10.1. The second-order valence-corrected chi connectivity index (χ2v) is 3.64. The van der Waals surface area contributed by atoms with Crippen LogP contribution >= 0.6 is 0 Å². The summed E-state index contributed by atoms with van der Waals surface area (Å²) in [7, 11) is 0. The Morgan fingerprint density at radius 1 is 1.71 bits per heavy atom. The van der Waals surface area contributed by atoms with Crippen LogP contribution in [-0.4, -0.2) is 40.1 Å². The molecule has 1 fully saturated rings. The lowest BCUT2D eigenvalue weighted by molar-refractivity contribution is 0.0709. The Morgan fingerprint density at radius 2 is 2.57 bits per heavy atom. The number of nitrogens with one attached hydrogen (secondary N) is 1. The predicted molar refractivity (Wildman–Crippen MR) is 51.7 cm³/mol. The fourth-order valence-corrected chi connectivity index (χ4v) is 1.74. The van der Waals surface area contributed by atoms with Crippen molar-refractivity contribution in [1.29, 1.82) is 0 Å². The molecule has 1 aliphatic heterocycles. The van der Waals surface area contributed by atoms with Gasteiger partial charge >= 0.3 is 0 Å². The van der Waals surface area contributed by atoms with E-state index in [2.05, 4.69) is 10.2 Å². The van der Waals surface area contributed by atoms with Gasteiger partial charge in [-0.3, -0.25) is 9.89 Å². The topological polar surface area (TPSA) is 75.0 Å². The van der Waals surface area contributed by atoms with Gasteiger partial charge in [-0.2, -0.15) is 5.10 Å². The highest BCUT2D eigenvalue weighted by molar-refractivity contribution is 5.93. The molecular weight excluding hydrogens is 180 g/mol. The zero-order chi connectivity index (χ0) is 9.97. The Balaban J connectivity index is 2.04. The van der Waals surface area contributed by atoms with Crippen LogP contribution in [0.25, 0.3) is 0 Å².